The van der Waals surface area contributed by atoms with Gasteiger partial charge in [0.1, 0.15) is 0 Å². The second kappa shape index (κ2) is 7.75. The van der Waals surface area contributed by atoms with Crippen LogP contribution in [0.15, 0.2) is 24.3 Å². The summed E-state index contributed by atoms with van der Waals surface area (Å²) in [6.45, 7) is 5.81. The van der Waals surface area contributed by atoms with E-state index in [9.17, 15) is 9.90 Å². The maximum atomic E-state index is 13.1. The number of piperidine rings is 1. The Labute approximate surface area is 150 Å². The van der Waals surface area contributed by atoms with Gasteiger partial charge in [-0.1, -0.05) is 19.1 Å². The second-order valence-corrected chi connectivity index (χ2v) is 7.46. The van der Waals surface area contributed by atoms with Gasteiger partial charge in [0, 0.05) is 51.5 Å². The van der Waals surface area contributed by atoms with Gasteiger partial charge in [0.2, 0.25) is 0 Å². The number of likely N-dealkylation sites (tertiary alicyclic amines) is 1. The first-order valence-corrected chi connectivity index (χ1v) is 9.40. The Morgan fingerprint density at radius 2 is 2.00 bits per heavy atom. The Balaban J connectivity index is 1.72. The molecular weight excluding hydrogens is 316 g/mol. The molecule has 1 amide bonds. The fourth-order valence-electron chi connectivity index (χ4n) is 4.06. The third-order valence-corrected chi connectivity index (χ3v) is 5.83. The standard InChI is InChI=1S/C20H30N2O3/c1-16-15-22(13-9-20(16,24)10-14-25-2)19(23)17-7-3-4-8-18(17)21-11-5-6-12-21/h3-4,7-8,16,24H,5-6,9-15H2,1-2H3/t16-,20-/m1/s1. The van der Waals surface area contributed by atoms with Gasteiger partial charge < -0.3 is 19.6 Å². The lowest BCUT2D eigenvalue weighted by atomic mass is 9.79. The predicted octanol–water partition coefficient (Wildman–Crippen LogP) is 2.54. The number of amides is 1. The number of para-hydroxylation sites is 1. The molecule has 0 bridgehead atoms. The zero-order valence-electron chi connectivity index (χ0n) is 15.4. The summed E-state index contributed by atoms with van der Waals surface area (Å²) in [5.41, 5.74) is 1.11. The van der Waals surface area contributed by atoms with Gasteiger partial charge in [0.25, 0.3) is 5.91 Å². The summed E-state index contributed by atoms with van der Waals surface area (Å²) in [6.07, 6.45) is 3.61. The van der Waals surface area contributed by atoms with E-state index in [-0.39, 0.29) is 11.8 Å². The number of carbonyl (C=O) groups is 1. The van der Waals surface area contributed by atoms with Crippen molar-refractivity contribution in [3.8, 4) is 0 Å². The number of aliphatic hydroxyl groups is 1. The molecule has 0 radical (unpaired) electrons. The van der Waals surface area contributed by atoms with E-state index >= 15 is 0 Å². The van der Waals surface area contributed by atoms with Crippen molar-refractivity contribution in [1.29, 1.82) is 0 Å². The molecule has 1 aromatic rings. The van der Waals surface area contributed by atoms with Gasteiger partial charge in [-0.05, 0) is 37.8 Å². The summed E-state index contributed by atoms with van der Waals surface area (Å²) in [5, 5.41) is 10.8. The average molecular weight is 346 g/mol. The summed E-state index contributed by atoms with van der Waals surface area (Å²) in [4.78, 5) is 17.4. The quantitative estimate of drug-likeness (QED) is 0.890. The SMILES string of the molecule is COCC[C@]1(O)CCN(C(=O)c2ccccc2N2CCCC2)C[C@H]1C. The molecule has 25 heavy (non-hydrogen) atoms. The number of rotatable bonds is 5. The normalized spacial score (nSPS) is 26.9. The van der Waals surface area contributed by atoms with Crippen LogP contribution >= 0.6 is 0 Å². The fourth-order valence-corrected chi connectivity index (χ4v) is 4.06. The highest BCUT2D eigenvalue weighted by Crippen LogP contribution is 2.33. The van der Waals surface area contributed by atoms with Gasteiger partial charge in [-0.25, -0.2) is 0 Å². The Morgan fingerprint density at radius 1 is 1.28 bits per heavy atom. The number of methoxy groups -OCH3 is 1. The van der Waals surface area contributed by atoms with E-state index in [0.717, 1.165) is 24.3 Å². The molecule has 0 spiro atoms. The lowest BCUT2D eigenvalue weighted by Crippen LogP contribution is -2.53. The highest BCUT2D eigenvalue weighted by molar-refractivity contribution is 6.00. The molecule has 2 saturated heterocycles. The van der Waals surface area contributed by atoms with Crippen LogP contribution in [0.3, 0.4) is 0 Å². The minimum Gasteiger partial charge on any atom is -0.389 e. The Bertz CT molecular complexity index is 600. The molecule has 5 nitrogen and oxygen atoms in total. The molecule has 2 aliphatic rings. The van der Waals surface area contributed by atoms with Gasteiger partial charge in [-0.15, -0.1) is 0 Å². The van der Waals surface area contributed by atoms with Gasteiger partial charge in [-0.2, -0.15) is 0 Å². The highest BCUT2D eigenvalue weighted by Gasteiger charge is 2.40. The third-order valence-electron chi connectivity index (χ3n) is 5.83. The van der Waals surface area contributed by atoms with Crippen LogP contribution < -0.4 is 4.90 Å². The summed E-state index contributed by atoms with van der Waals surface area (Å²) in [7, 11) is 1.65. The molecule has 0 unspecified atom stereocenters. The van der Waals surface area contributed by atoms with Crippen LogP contribution in [0, 0.1) is 5.92 Å². The zero-order valence-corrected chi connectivity index (χ0v) is 15.4. The van der Waals surface area contributed by atoms with Crippen molar-refractivity contribution in [2.75, 3.05) is 44.8 Å². The Kier molecular flexibility index (Phi) is 5.64. The third kappa shape index (κ3) is 3.82. The van der Waals surface area contributed by atoms with Crippen molar-refractivity contribution in [2.24, 2.45) is 5.92 Å². The lowest BCUT2D eigenvalue weighted by molar-refractivity contribution is -0.0750. The summed E-state index contributed by atoms with van der Waals surface area (Å²) in [5.74, 6) is 0.127. The first kappa shape index (κ1) is 18.2. The van der Waals surface area contributed by atoms with Crippen LogP contribution in [-0.4, -0.2) is 61.4 Å². The molecule has 2 fully saturated rings. The first-order chi connectivity index (χ1) is 12.0. The van der Waals surface area contributed by atoms with E-state index < -0.39 is 5.60 Å². The molecule has 2 atom stereocenters. The average Bonchev–Trinajstić information content (AvgIpc) is 3.16. The van der Waals surface area contributed by atoms with Gasteiger partial charge in [0.05, 0.1) is 11.2 Å². The number of hydrogen-bond acceptors (Lipinski definition) is 4. The van der Waals surface area contributed by atoms with Crippen LogP contribution in [0.1, 0.15) is 43.0 Å². The van der Waals surface area contributed by atoms with Crippen molar-refractivity contribution in [3.05, 3.63) is 29.8 Å². The molecule has 2 aliphatic heterocycles. The van der Waals surface area contributed by atoms with Crippen molar-refractivity contribution in [3.63, 3.8) is 0 Å². The van der Waals surface area contributed by atoms with E-state index in [1.807, 2.05) is 30.0 Å². The molecule has 0 saturated carbocycles. The molecular formula is C20H30N2O3. The Hall–Kier alpha value is -1.59. The van der Waals surface area contributed by atoms with Crippen LogP contribution in [-0.2, 0) is 4.74 Å². The minimum absolute atomic E-state index is 0.0410. The van der Waals surface area contributed by atoms with Crippen LogP contribution in [0.25, 0.3) is 0 Å². The second-order valence-electron chi connectivity index (χ2n) is 7.46. The lowest BCUT2D eigenvalue weighted by Gasteiger charge is -2.43. The molecule has 0 aliphatic carbocycles. The molecule has 1 aromatic carbocycles. The van der Waals surface area contributed by atoms with E-state index in [1.165, 1.54) is 12.8 Å². The number of benzene rings is 1. The van der Waals surface area contributed by atoms with Gasteiger partial charge in [0.15, 0.2) is 0 Å². The van der Waals surface area contributed by atoms with Crippen molar-refractivity contribution in [1.82, 2.24) is 4.90 Å². The van der Waals surface area contributed by atoms with E-state index in [1.54, 1.807) is 7.11 Å². The Morgan fingerprint density at radius 3 is 2.68 bits per heavy atom. The molecule has 2 heterocycles. The highest BCUT2D eigenvalue weighted by atomic mass is 16.5. The minimum atomic E-state index is -0.735. The number of nitrogens with zero attached hydrogens (tertiary/aromatic N) is 2. The van der Waals surface area contributed by atoms with E-state index in [4.69, 9.17) is 4.74 Å². The molecule has 5 heteroatoms. The monoisotopic (exact) mass is 346 g/mol. The zero-order chi connectivity index (χ0) is 17.9. The largest absolute Gasteiger partial charge is 0.389 e. The molecule has 0 aromatic heterocycles. The topological polar surface area (TPSA) is 53.0 Å². The number of ether oxygens (including phenoxy) is 1. The molecule has 1 N–H and O–H groups in total. The maximum absolute atomic E-state index is 13.1. The van der Waals surface area contributed by atoms with Gasteiger partial charge in [-0.3, -0.25) is 4.79 Å². The van der Waals surface area contributed by atoms with Crippen molar-refractivity contribution >= 4 is 11.6 Å². The van der Waals surface area contributed by atoms with Crippen LogP contribution in [0.5, 0.6) is 0 Å². The van der Waals surface area contributed by atoms with Crippen molar-refractivity contribution in [2.45, 2.75) is 38.2 Å². The van der Waals surface area contributed by atoms with E-state index in [0.29, 0.717) is 32.5 Å². The van der Waals surface area contributed by atoms with Crippen molar-refractivity contribution < 1.29 is 14.6 Å². The van der Waals surface area contributed by atoms with Crippen LogP contribution in [0.4, 0.5) is 5.69 Å². The number of anilines is 1. The summed E-state index contributed by atoms with van der Waals surface area (Å²) < 4.78 is 5.13. The smallest absolute Gasteiger partial charge is 0.255 e. The van der Waals surface area contributed by atoms with Crippen LogP contribution in [0.2, 0.25) is 0 Å². The van der Waals surface area contributed by atoms with E-state index in [2.05, 4.69) is 11.0 Å². The summed E-state index contributed by atoms with van der Waals surface area (Å²) >= 11 is 0. The predicted molar refractivity (Wildman–Crippen MR) is 99.0 cm³/mol. The summed E-state index contributed by atoms with van der Waals surface area (Å²) in [6, 6.07) is 7.94. The molecule has 3 rings (SSSR count). The first-order valence-electron chi connectivity index (χ1n) is 9.40. The maximum Gasteiger partial charge on any atom is 0.255 e. The number of carbonyl (C=O) groups excluding carboxylic acids is 1. The molecule has 138 valence electrons. The number of hydrogen-bond donors (Lipinski definition) is 1. The fraction of sp³-hybridized carbons (Fsp3) is 0.650. The van der Waals surface area contributed by atoms with Gasteiger partial charge >= 0.3 is 0 Å².